The lowest BCUT2D eigenvalue weighted by Crippen LogP contribution is -2.26. The molecule has 4 nitrogen and oxygen atoms in total. The summed E-state index contributed by atoms with van der Waals surface area (Å²) in [5, 5.41) is 3.03. The van der Waals surface area contributed by atoms with Crippen LogP contribution in [-0.4, -0.2) is 22.0 Å². The van der Waals surface area contributed by atoms with Gasteiger partial charge in [-0.3, -0.25) is 4.79 Å². The molecular weight excluding hydrogens is 382 g/mol. The second-order valence-electron chi connectivity index (χ2n) is 8.37. The third-order valence-electron chi connectivity index (χ3n) is 5.89. The molecule has 1 aromatic heterocycles. The highest BCUT2D eigenvalue weighted by molar-refractivity contribution is 5.94. The summed E-state index contributed by atoms with van der Waals surface area (Å²) in [7, 11) is 0. The predicted molar refractivity (Wildman–Crippen MR) is 129 cm³/mol. The predicted octanol–water partition coefficient (Wildman–Crippen LogP) is 6.54. The molecule has 166 valence electrons. The lowest BCUT2D eigenvalue weighted by molar-refractivity contribution is 0.0954. The number of fused-ring (bicyclic) bond motifs is 1. The van der Waals surface area contributed by atoms with Crippen LogP contribution < -0.4 is 5.32 Å². The fourth-order valence-corrected chi connectivity index (χ4v) is 4.13. The average molecular weight is 420 g/mol. The molecule has 1 heterocycles. The van der Waals surface area contributed by atoms with Crippen molar-refractivity contribution in [1.29, 1.82) is 0 Å². The molecule has 31 heavy (non-hydrogen) atoms. The highest BCUT2D eigenvalue weighted by Gasteiger charge is 2.11. The number of carbonyl (C=O) groups excluding carboxylic acids is 1. The molecule has 3 rings (SSSR count). The minimum absolute atomic E-state index is 0.0257. The van der Waals surface area contributed by atoms with Crippen LogP contribution in [0.1, 0.15) is 80.9 Å². The quantitative estimate of drug-likeness (QED) is 0.302. The van der Waals surface area contributed by atoms with Crippen LogP contribution >= 0.6 is 0 Å². The highest BCUT2D eigenvalue weighted by atomic mass is 16.1. The number of unbranched alkanes of at least 4 members (excludes halogenated alkanes) is 8. The van der Waals surface area contributed by atoms with Crippen LogP contribution in [0.3, 0.4) is 0 Å². The van der Waals surface area contributed by atoms with Gasteiger partial charge in [-0.2, -0.15) is 0 Å². The molecule has 3 aromatic rings. The molecule has 0 fully saturated rings. The van der Waals surface area contributed by atoms with Crippen molar-refractivity contribution in [3.05, 3.63) is 66.0 Å². The van der Waals surface area contributed by atoms with Gasteiger partial charge in [-0.1, -0.05) is 88.6 Å². The molecule has 0 saturated heterocycles. The lowest BCUT2D eigenvalue weighted by atomic mass is 10.1. The van der Waals surface area contributed by atoms with Gasteiger partial charge in [0.2, 0.25) is 0 Å². The molecule has 0 saturated carbocycles. The molecule has 1 amide bonds. The number of hydrogen-bond acceptors (Lipinski definition) is 2. The number of rotatable bonds is 14. The van der Waals surface area contributed by atoms with Crippen LogP contribution in [0.5, 0.6) is 0 Å². The fourth-order valence-electron chi connectivity index (χ4n) is 4.13. The van der Waals surface area contributed by atoms with E-state index in [2.05, 4.69) is 35.0 Å². The van der Waals surface area contributed by atoms with Gasteiger partial charge >= 0.3 is 0 Å². The van der Waals surface area contributed by atoms with Gasteiger partial charge in [0.1, 0.15) is 5.82 Å². The van der Waals surface area contributed by atoms with Crippen LogP contribution in [0.2, 0.25) is 0 Å². The molecule has 4 heteroatoms. The summed E-state index contributed by atoms with van der Waals surface area (Å²) in [6.45, 7) is 3.86. The molecule has 0 atom stereocenters. The van der Waals surface area contributed by atoms with Crippen molar-refractivity contribution < 1.29 is 4.79 Å². The van der Waals surface area contributed by atoms with Crippen LogP contribution in [0.15, 0.2) is 54.6 Å². The number of para-hydroxylation sites is 2. The Labute approximate surface area is 187 Å². The molecule has 1 N–H and O–H groups in total. The highest BCUT2D eigenvalue weighted by Crippen LogP contribution is 2.18. The molecule has 0 aliphatic carbocycles. The Kier molecular flexibility index (Phi) is 9.62. The normalized spacial score (nSPS) is 11.1. The zero-order valence-electron chi connectivity index (χ0n) is 19.0. The van der Waals surface area contributed by atoms with Crippen molar-refractivity contribution in [2.45, 2.75) is 77.7 Å². The topological polar surface area (TPSA) is 46.9 Å². The number of amides is 1. The molecule has 2 aromatic carbocycles. The zero-order chi connectivity index (χ0) is 21.7. The van der Waals surface area contributed by atoms with Crippen molar-refractivity contribution in [3.63, 3.8) is 0 Å². The summed E-state index contributed by atoms with van der Waals surface area (Å²) in [6.07, 6.45) is 12.7. The number of aryl methyl sites for hydroxylation is 1. The number of nitrogens with one attached hydrogen (secondary N) is 1. The smallest absolute Gasteiger partial charge is 0.251 e. The van der Waals surface area contributed by atoms with E-state index in [-0.39, 0.29) is 5.91 Å². The largest absolute Gasteiger partial charge is 0.352 e. The van der Waals surface area contributed by atoms with Crippen molar-refractivity contribution >= 4 is 16.9 Å². The Morgan fingerprint density at radius 1 is 0.839 bits per heavy atom. The van der Waals surface area contributed by atoms with Gasteiger partial charge in [-0.25, -0.2) is 4.98 Å². The van der Waals surface area contributed by atoms with E-state index in [1.165, 1.54) is 63.3 Å². The molecule has 0 bridgehead atoms. The monoisotopic (exact) mass is 419 g/mol. The maximum Gasteiger partial charge on any atom is 0.251 e. The van der Waals surface area contributed by atoms with E-state index in [0.29, 0.717) is 12.1 Å². The minimum Gasteiger partial charge on any atom is -0.352 e. The van der Waals surface area contributed by atoms with Crippen molar-refractivity contribution in [2.75, 3.05) is 6.54 Å². The third kappa shape index (κ3) is 7.23. The molecule has 0 radical (unpaired) electrons. The van der Waals surface area contributed by atoms with Crippen LogP contribution in [-0.2, 0) is 13.0 Å². The number of nitrogens with zero attached hydrogens (tertiary/aromatic N) is 2. The van der Waals surface area contributed by atoms with Gasteiger partial charge in [-0.15, -0.1) is 0 Å². The Balaban J connectivity index is 1.48. The summed E-state index contributed by atoms with van der Waals surface area (Å²) in [5.41, 5.74) is 2.94. The Hall–Kier alpha value is -2.62. The van der Waals surface area contributed by atoms with Crippen molar-refractivity contribution in [3.8, 4) is 0 Å². The van der Waals surface area contributed by atoms with E-state index in [4.69, 9.17) is 4.98 Å². The first-order valence-electron chi connectivity index (χ1n) is 12.1. The molecule has 0 spiro atoms. The summed E-state index contributed by atoms with van der Waals surface area (Å²) in [5.74, 6) is 1.04. The second-order valence-corrected chi connectivity index (χ2v) is 8.37. The minimum atomic E-state index is -0.0257. The summed E-state index contributed by atoms with van der Waals surface area (Å²) in [4.78, 5) is 17.2. The van der Waals surface area contributed by atoms with Crippen LogP contribution in [0, 0.1) is 0 Å². The zero-order valence-corrected chi connectivity index (χ0v) is 19.0. The first-order chi connectivity index (χ1) is 15.3. The maximum atomic E-state index is 12.3. The number of carbonyl (C=O) groups is 1. The van der Waals surface area contributed by atoms with E-state index in [0.717, 1.165) is 24.3 Å². The summed E-state index contributed by atoms with van der Waals surface area (Å²) < 4.78 is 2.35. The fraction of sp³-hybridized carbons (Fsp3) is 0.481. The summed E-state index contributed by atoms with van der Waals surface area (Å²) in [6, 6.07) is 17.7. The summed E-state index contributed by atoms with van der Waals surface area (Å²) >= 11 is 0. The van der Waals surface area contributed by atoms with E-state index in [1.54, 1.807) is 0 Å². The molecular formula is C27H37N3O. The SMILES string of the molecule is CCCCCCCCCCCn1c(CCNC(=O)c2ccccc2)nc2ccccc21. The van der Waals surface area contributed by atoms with E-state index in [9.17, 15) is 4.79 Å². The third-order valence-corrected chi connectivity index (χ3v) is 5.89. The first-order valence-corrected chi connectivity index (χ1v) is 12.1. The van der Waals surface area contributed by atoms with Gasteiger partial charge in [-0.05, 0) is 30.7 Å². The van der Waals surface area contributed by atoms with Crippen LogP contribution in [0.25, 0.3) is 11.0 Å². The Morgan fingerprint density at radius 3 is 2.23 bits per heavy atom. The Bertz CT molecular complexity index is 917. The molecule has 0 unspecified atom stereocenters. The molecule has 0 aliphatic rings. The van der Waals surface area contributed by atoms with E-state index >= 15 is 0 Å². The molecule has 0 aliphatic heterocycles. The Morgan fingerprint density at radius 2 is 1.48 bits per heavy atom. The number of benzene rings is 2. The van der Waals surface area contributed by atoms with E-state index < -0.39 is 0 Å². The lowest BCUT2D eigenvalue weighted by Gasteiger charge is -2.10. The van der Waals surface area contributed by atoms with Crippen molar-refractivity contribution in [1.82, 2.24) is 14.9 Å². The number of imidazole rings is 1. The maximum absolute atomic E-state index is 12.3. The average Bonchev–Trinajstić information content (AvgIpc) is 3.16. The van der Waals surface area contributed by atoms with Crippen LogP contribution in [0.4, 0.5) is 0 Å². The first kappa shape index (κ1) is 23.1. The number of hydrogen-bond donors (Lipinski definition) is 1. The standard InChI is InChI=1S/C27H37N3O/c1-2-3-4-5-6-7-8-9-15-22-30-25-19-14-13-18-24(25)29-26(30)20-21-28-27(31)23-16-11-10-12-17-23/h10-14,16-19H,2-9,15,20-22H2,1H3,(H,28,31). The number of aromatic nitrogens is 2. The van der Waals surface area contributed by atoms with Gasteiger partial charge < -0.3 is 9.88 Å². The van der Waals surface area contributed by atoms with E-state index in [1.807, 2.05) is 36.4 Å². The van der Waals surface area contributed by atoms with Crippen molar-refractivity contribution in [2.24, 2.45) is 0 Å². The van der Waals surface area contributed by atoms with Gasteiger partial charge in [0.05, 0.1) is 11.0 Å². The second kappa shape index (κ2) is 12.9. The van der Waals surface area contributed by atoms with Gasteiger partial charge in [0.15, 0.2) is 0 Å². The van der Waals surface area contributed by atoms with Gasteiger partial charge in [0.25, 0.3) is 5.91 Å². The van der Waals surface area contributed by atoms with Gasteiger partial charge in [0, 0.05) is 25.1 Å².